The molecule has 156 valence electrons. The van der Waals surface area contributed by atoms with Crippen LogP contribution >= 0.6 is 0 Å². The molecule has 6 nitrogen and oxygen atoms in total. The van der Waals surface area contributed by atoms with Gasteiger partial charge in [-0.3, -0.25) is 0 Å². The summed E-state index contributed by atoms with van der Waals surface area (Å²) in [7, 11) is -6.14. The molecule has 0 saturated carbocycles. The van der Waals surface area contributed by atoms with Crippen LogP contribution in [0.1, 0.15) is 30.0 Å². The van der Waals surface area contributed by atoms with E-state index in [2.05, 4.69) is 5.43 Å². The van der Waals surface area contributed by atoms with Crippen molar-refractivity contribution in [3.63, 3.8) is 0 Å². The standard InChI is InChI=1S/C21H26N2O4S2/c24-28(25)13-11-19(15-28)22-23(20-12-14-29(26,27)16-20)21(17-7-3-1-4-8-17)18-9-5-2-6-10-18/h1-10,19-22H,11-16H2/t19-,20+/m0/s1. The van der Waals surface area contributed by atoms with Crippen LogP contribution in [0, 0.1) is 0 Å². The summed E-state index contributed by atoms with van der Waals surface area (Å²) in [6.07, 6.45) is 1.07. The molecule has 2 atom stereocenters. The van der Waals surface area contributed by atoms with E-state index in [1.165, 1.54) is 0 Å². The monoisotopic (exact) mass is 434 g/mol. The molecule has 2 aliphatic heterocycles. The van der Waals surface area contributed by atoms with Gasteiger partial charge in [0.1, 0.15) is 0 Å². The number of benzene rings is 2. The van der Waals surface area contributed by atoms with Gasteiger partial charge < -0.3 is 0 Å². The van der Waals surface area contributed by atoms with Gasteiger partial charge in [0, 0.05) is 12.1 Å². The summed E-state index contributed by atoms with van der Waals surface area (Å²) >= 11 is 0. The second-order valence-corrected chi connectivity index (χ2v) is 12.4. The molecule has 2 aliphatic rings. The minimum Gasteiger partial charge on any atom is -0.250 e. The Labute approximate surface area is 172 Å². The van der Waals surface area contributed by atoms with Gasteiger partial charge in [-0.2, -0.15) is 0 Å². The van der Waals surface area contributed by atoms with Crippen molar-refractivity contribution in [2.24, 2.45) is 0 Å². The van der Waals surface area contributed by atoms with Gasteiger partial charge in [-0.15, -0.1) is 0 Å². The van der Waals surface area contributed by atoms with Crippen molar-refractivity contribution in [1.82, 2.24) is 10.4 Å². The van der Waals surface area contributed by atoms with Crippen LogP contribution < -0.4 is 5.43 Å². The molecule has 29 heavy (non-hydrogen) atoms. The van der Waals surface area contributed by atoms with E-state index in [9.17, 15) is 16.8 Å². The Morgan fingerprint density at radius 2 is 1.28 bits per heavy atom. The highest BCUT2D eigenvalue weighted by molar-refractivity contribution is 7.91. The minimum atomic E-state index is -3.09. The zero-order valence-electron chi connectivity index (χ0n) is 16.1. The van der Waals surface area contributed by atoms with Crippen LogP contribution in [0.5, 0.6) is 0 Å². The highest BCUT2D eigenvalue weighted by atomic mass is 32.2. The Morgan fingerprint density at radius 1 is 0.759 bits per heavy atom. The number of nitrogens with one attached hydrogen (secondary N) is 1. The van der Waals surface area contributed by atoms with E-state index in [1.807, 2.05) is 65.7 Å². The van der Waals surface area contributed by atoms with E-state index in [1.54, 1.807) is 0 Å². The van der Waals surface area contributed by atoms with Gasteiger partial charge in [0.05, 0.1) is 29.1 Å². The summed E-state index contributed by atoms with van der Waals surface area (Å²) in [4.78, 5) is 0. The van der Waals surface area contributed by atoms with Crippen LogP contribution in [-0.2, 0) is 19.7 Å². The summed E-state index contributed by atoms with van der Waals surface area (Å²) in [5.74, 6) is 0.493. The van der Waals surface area contributed by atoms with Gasteiger partial charge in [0.25, 0.3) is 0 Å². The number of rotatable bonds is 6. The first kappa shape index (κ1) is 20.5. The summed E-state index contributed by atoms with van der Waals surface area (Å²) in [6, 6.07) is 19.3. The molecule has 8 heteroatoms. The lowest BCUT2D eigenvalue weighted by molar-refractivity contribution is 0.0809. The smallest absolute Gasteiger partial charge is 0.151 e. The number of sulfone groups is 2. The number of hydrogen-bond donors (Lipinski definition) is 1. The third kappa shape index (κ3) is 4.88. The Morgan fingerprint density at radius 3 is 1.72 bits per heavy atom. The van der Waals surface area contributed by atoms with Crippen molar-refractivity contribution in [3.8, 4) is 0 Å². The lowest BCUT2D eigenvalue weighted by atomic mass is 9.96. The Hall–Kier alpha value is -1.74. The van der Waals surface area contributed by atoms with Gasteiger partial charge in [-0.05, 0) is 24.0 Å². The average Bonchev–Trinajstić information content (AvgIpc) is 3.23. The van der Waals surface area contributed by atoms with E-state index >= 15 is 0 Å². The molecule has 1 N–H and O–H groups in total. The molecule has 2 heterocycles. The Kier molecular flexibility index (Phi) is 5.79. The third-order valence-electron chi connectivity index (χ3n) is 5.67. The van der Waals surface area contributed by atoms with Gasteiger partial charge >= 0.3 is 0 Å². The van der Waals surface area contributed by atoms with Crippen LogP contribution in [-0.4, -0.2) is 56.9 Å². The van der Waals surface area contributed by atoms with E-state index in [-0.39, 0.29) is 41.1 Å². The fourth-order valence-corrected chi connectivity index (χ4v) is 7.65. The fourth-order valence-electron chi connectivity index (χ4n) is 4.28. The van der Waals surface area contributed by atoms with Gasteiger partial charge in [-0.25, -0.2) is 27.3 Å². The van der Waals surface area contributed by atoms with Crippen molar-refractivity contribution in [2.75, 3.05) is 23.0 Å². The maximum atomic E-state index is 12.2. The van der Waals surface area contributed by atoms with Crippen molar-refractivity contribution in [1.29, 1.82) is 0 Å². The molecule has 0 unspecified atom stereocenters. The lowest BCUT2D eigenvalue weighted by Gasteiger charge is -2.38. The second kappa shape index (κ2) is 8.18. The van der Waals surface area contributed by atoms with Crippen LogP contribution in [0.25, 0.3) is 0 Å². The Balaban J connectivity index is 1.74. The molecule has 4 rings (SSSR count). The van der Waals surface area contributed by atoms with Crippen LogP contribution in [0.15, 0.2) is 60.7 Å². The topological polar surface area (TPSA) is 83.6 Å². The molecular formula is C21H26N2O4S2. The molecule has 2 aromatic carbocycles. The Bertz CT molecular complexity index is 1000. The van der Waals surface area contributed by atoms with Crippen LogP contribution in [0.4, 0.5) is 0 Å². The maximum absolute atomic E-state index is 12.2. The number of hydrazine groups is 1. The van der Waals surface area contributed by atoms with Crippen LogP contribution in [0.3, 0.4) is 0 Å². The zero-order valence-corrected chi connectivity index (χ0v) is 17.8. The molecule has 0 radical (unpaired) electrons. The first-order chi connectivity index (χ1) is 13.8. The molecule has 0 aromatic heterocycles. The lowest BCUT2D eigenvalue weighted by Crippen LogP contribution is -2.53. The molecule has 2 fully saturated rings. The fraction of sp³-hybridized carbons (Fsp3) is 0.429. The predicted molar refractivity (Wildman–Crippen MR) is 114 cm³/mol. The second-order valence-electron chi connectivity index (χ2n) is 7.92. The first-order valence-electron chi connectivity index (χ1n) is 9.88. The van der Waals surface area contributed by atoms with Crippen molar-refractivity contribution < 1.29 is 16.8 Å². The largest absolute Gasteiger partial charge is 0.250 e. The van der Waals surface area contributed by atoms with Gasteiger partial charge in [0.15, 0.2) is 19.7 Å². The first-order valence-corrected chi connectivity index (χ1v) is 13.5. The predicted octanol–water partition coefficient (Wildman–Crippen LogP) is 1.96. The van der Waals surface area contributed by atoms with E-state index < -0.39 is 19.7 Å². The number of nitrogens with zero attached hydrogens (tertiary/aromatic N) is 1. The van der Waals surface area contributed by atoms with Gasteiger partial charge in [0.2, 0.25) is 0 Å². The zero-order chi connectivity index (χ0) is 20.5. The van der Waals surface area contributed by atoms with E-state index in [4.69, 9.17) is 0 Å². The summed E-state index contributed by atoms with van der Waals surface area (Å²) < 4.78 is 48.5. The van der Waals surface area contributed by atoms with Crippen molar-refractivity contribution >= 4 is 19.7 Å². The third-order valence-corrected chi connectivity index (χ3v) is 9.19. The molecule has 0 amide bonds. The molecular weight excluding hydrogens is 408 g/mol. The van der Waals surface area contributed by atoms with Crippen LogP contribution in [0.2, 0.25) is 0 Å². The quantitative estimate of drug-likeness (QED) is 0.700. The van der Waals surface area contributed by atoms with Gasteiger partial charge in [-0.1, -0.05) is 60.7 Å². The summed E-state index contributed by atoms with van der Waals surface area (Å²) in [6.45, 7) is 0. The summed E-state index contributed by atoms with van der Waals surface area (Å²) in [5.41, 5.74) is 5.51. The average molecular weight is 435 g/mol. The van der Waals surface area contributed by atoms with Crippen molar-refractivity contribution in [2.45, 2.75) is 31.0 Å². The van der Waals surface area contributed by atoms with Crippen molar-refractivity contribution in [3.05, 3.63) is 71.8 Å². The molecule has 0 aliphatic carbocycles. The maximum Gasteiger partial charge on any atom is 0.151 e. The normalized spacial score (nSPS) is 25.6. The minimum absolute atomic E-state index is 0.0790. The van der Waals surface area contributed by atoms with E-state index in [0.29, 0.717) is 12.8 Å². The summed E-state index contributed by atoms with van der Waals surface area (Å²) in [5, 5.41) is 2.01. The highest BCUT2D eigenvalue weighted by Crippen LogP contribution is 2.33. The molecule has 0 bridgehead atoms. The molecule has 2 saturated heterocycles. The molecule has 0 spiro atoms. The SMILES string of the molecule is O=S1(=O)CC[C@H](NN(C(c2ccccc2)c2ccccc2)[C@@H]2CCS(=O)(=O)C2)C1. The number of hydrogen-bond acceptors (Lipinski definition) is 6. The van der Waals surface area contributed by atoms with E-state index in [0.717, 1.165) is 11.1 Å². The molecule has 2 aromatic rings. The highest BCUT2D eigenvalue weighted by Gasteiger charge is 2.39.